The average Bonchev–Trinajstić information content (AvgIpc) is 3.09. The third-order valence-corrected chi connectivity index (χ3v) is 8.29. The lowest BCUT2D eigenvalue weighted by atomic mass is 10.1. The molecule has 4 rings (SSSR count). The number of benzene rings is 3. The smallest absolute Gasteiger partial charge is 0.252 e. The first-order valence-electron chi connectivity index (χ1n) is 10.5. The lowest BCUT2D eigenvalue weighted by Gasteiger charge is -2.27. The summed E-state index contributed by atoms with van der Waals surface area (Å²) in [4.78, 5) is 27.4. The third-order valence-electron chi connectivity index (χ3n) is 5.65. The van der Waals surface area contributed by atoms with Crippen LogP contribution < -0.4 is 4.90 Å². The summed E-state index contributed by atoms with van der Waals surface area (Å²) in [7, 11) is -4.01. The van der Waals surface area contributed by atoms with Gasteiger partial charge in [0.2, 0.25) is 15.9 Å². The highest BCUT2D eigenvalue weighted by atomic mass is 127. The van der Waals surface area contributed by atoms with Gasteiger partial charge in [0.05, 0.1) is 17.0 Å². The van der Waals surface area contributed by atoms with E-state index >= 15 is 0 Å². The van der Waals surface area contributed by atoms with E-state index in [9.17, 15) is 18.0 Å². The zero-order chi connectivity index (χ0) is 23.6. The summed E-state index contributed by atoms with van der Waals surface area (Å²) < 4.78 is 29.4. The molecule has 2 amide bonds. The van der Waals surface area contributed by atoms with Crippen molar-refractivity contribution in [1.82, 2.24) is 4.31 Å². The summed E-state index contributed by atoms with van der Waals surface area (Å²) in [5.41, 5.74) is 2.33. The highest BCUT2D eigenvalue weighted by molar-refractivity contribution is 14.1. The van der Waals surface area contributed by atoms with Crippen LogP contribution in [0.15, 0.2) is 83.8 Å². The van der Waals surface area contributed by atoms with E-state index < -0.39 is 27.9 Å². The number of halogens is 1. The predicted molar refractivity (Wildman–Crippen MR) is 135 cm³/mol. The van der Waals surface area contributed by atoms with Crippen molar-refractivity contribution in [2.75, 3.05) is 11.4 Å². The van der Waals surface area contributed by atoms with Crippen molar-refractivity contribution in [2.45, 2.75) is 30.7 Å². The van der Waals surface area contributed by atoms with Gasteiger partial charge in [-0.2, -0.15) is 4.31 Å². The van der Waals surface area contributed by atoms with Crippen molar-refractivity contribution in [1.29, 1.82) is 0 Å². The SMILES string of the molecule is Cc1ccc(S(=O)(=O)N(CCc2ccccc2)C2CC(=O)N(c3ccc(I)cc3)C2=O)cc1. The molecule has 0 radical (unpaired) electrons. The lowest BCUT2D eigenvalue weighted by molar-refractivity contribution is -0.122. The first-order chi connectivity index (χ1) is 15.8. The van der Waals surface area contributed by atoms with Gasteiger partial charge in [0.1, 0.15) is 6.04 Å². The summed E-state index contributed by atoms with van der Waals surface area (Å²) in [5, 5.41) is 0. The fraction of sp³-hybridized carbons (Fsp3) is 0.200. The van der Waals surface area contributed by atoms with Crippen molar-refractivity contribution in [3.8, 4) is 0 Å². The Morgan fingerprint density at radius 1 is 0.939 bits per heavy atom. The first-order valence-corrected chi connectivity index (χ1v) is 13.0. The summed E-state index contributed by atoms with van der Waals surface area (Å²) >= 11 is 2.14. The van der Waals surface area contributed by atoms with Gasteiger partial charge in [-0.15, -0.1) is 0 Å². The van der Waals surface area contributed by atoms with Crippen LogP contribution >= 0.6 is 22.6 Å². The van der Waals surface area contributed by atoms with Gasteiger partial charge in [-0.05, 0) is 77.9 Å². The molecule has 0 spiro atoms. The van der Waals surface area contributed by atoms with Crippen LogP contribution in [0, 0.1) is 10.5 Å². The summed E-state index contributed by atoms with van der Waals surface area (Å²) in [6, 6.07) is 21.9. The fourth-order valence-corrected chi connectivity index (χ4v) is 5.82. The van der Waals surface area contributed by atoms with Gasteiger partial charge in [-0.1, -0.05) is 48.0 Å². The van der Waals surface area contributed by atoms with E-state index in [1.807, 2.05) is 37.3 Å². The molecule has 3 aromatic carbocycles. The van der Waals surface area contributed by atoms with E-state index in [1.165, 1.54) is 4.31 Å². The molecule has 0 N–H and O–H groups in total. The van der Waals surface area contributed by atoms with Crippen LogP contribution in [0.2, 0.25) is 0 Å². The molecule has 0 aromatic heterocycles. The van der Waals surface area contributed by atoms with E-state index in [0.717, 1.165) is 19.6 Å². The van der Waals surface area contributed by atoms with Crippen molar-refractivity contribution >= 4 is 50.1 Å². The standard InChI is InChI=1S/C25H23IN2O4S/c1-18-7-13-22(14-8-18)33(31,32)27(16-15-19-5-3-2-4-6-19)23-17-24(29)28(25(23)30)21-11-9-20(26)10-12-21/h2-14,23H,15-17H2,1H3. The molecule has 1 saturated heterocycles. The Hall–Kier alpha value is -2.56. The minimum absolute atomic E-state index is 0.0877. The van der Waals surface area contributed by atoms with E-state index in [4.69, 9.17) is 0 Å². The highest BCUT2D eigenvalue weighted by Crippen LogP contribution is 2.30. The Bertz CT molecular complexity index is 1260. The van der Waals surface area contributed by atoms with Crippen molar-refractivity contribution in [3.05, 3.63) is 93.6 Å². The number of hydrogen-bond donors (Lipinski definition) is 0. The summed E-state index contributed by atoms with van der Waals surface area (Å²) in [5.74, 6) is -0.931. The van der Waals surface area contributed by atoms with Crippen LogP contribution in [0.3, 0.4) is 0 Å². The number of anilines is 1. The molecule has 8 heteroatoms. The molecule has 0 saturated carbocycles. The quantitative estimate of drug-likeness (QED) is 0.314. The number of carbonyl (C=O) groups is 2. The molecule has 170 valence electrons. The van der Waals surface area contributed by atoms with E-state index in [0.29, 0.717) is 12.1 Å². The topological polar surface area (TPSA) is 74.8 Å². The minimum Gasteiger partial charge on any atom is -0.274 e. The van der Waals surface area contributed by atoms with Crippen LogP contribution in [0.5, 0.6) is 0 Å². The van der Waals surface area contributed by atoms with Crippen LogP contribution in [0.4, 0.5) is 5.69 Å². The maximum Gasteiger partial charge on any atom is 0.252 e. The van der Waals surface area contributed by atoms with Crippen LogP contribution in [-0.2, 0) is 26.0 Å². The van der Waals surface area contributed by atoms with Gasteiger partial charge < -0.3 is 0 Å². The van der Waals surface area contributed by atoms with E-state index in [2.05, 4.69) is 22.6 Å². The molecule has 0 bridgehead atoms. The van der Waals surface area contributed by atoms with E-state index in [-0.39, 0.29) is 17.9 Å². The zero-order valence-corrected chi connectivity index (χ0v) is 21.0. The molecule has 1 aliphatic heterocycles. The van der Waals surface area contributed by atoms with Crippen molar-refractivity contribution in [3.63, 3.8) is 0 Å². The lowest BCUT2D eigenvalue weighted by Crippen LogP contribution is -2.46. The van der Waals surface area contributed by atoms with Gasteiger partial charge in [-0.25, -0.2) is 13.3 Å². The van der Waals surface area contributed by atoms with Gasteiger partial charge in [0.25, 0.3) is 5.91 Å². The number of imide groups is 1. The Balaban J connectivity index is 1.69. The molecule has 1 heterocycles. The molecule has 3 aromatic rings. The van der Waals surface area contributed by atoms with Gasteiger partial charge in [-0.3, -0.25) is 9.59 Å². The maximum absolute atomic E-state index is 13.6. The molecule has 0 aliphatic carbocycles. The number of carbonyl (C=O) groups excluding carboxylic acids is 2. The van der Waals surface area contributed by atoms with Gasteiger partial charge in [0, 0.05) is 10.1 Å². The number of nitrogens with zero attached hydrogens (tertiary/aromatic N) is 2. The number of hydrogen-bond acceptors (Lipinski definition) is 4. The number of amides is 2. The monoisotopic (exact) mass is 574 g/mol. The Kier molecular flexibility index (Phi) is 6.96. The molecule has 1 unspecified atom stereocenters. The molecule has 1 fully saturated rings. The highest BCUT2D eigenvalue weighted by Gasteiger charge is 2.46. The zero-order valence-electron chi connectivity index (χ0n) is 18.0. The van der Waals surface area contributed by atoms with Crippen molar-refractivity contribution in [2.24, 2.45) is 0 Å². The Labute approximate surface area is 207 Å². The second-order valence-corrected chi connectivity index (χ2v) is 11.1. The van der Waals surface area contributed by atoms with Crippen molar-refractivity contribution < 1.29 is 18.0 Å². The Morgan fingerprint density at radius 3 is 2.21 bits per heavy atom. The van der Waals surface area contributed by atoms with Gasteiger partial charge in [0.15, 0.2) is 0 Å². The molecule has 33 heavy (non-hydrogen) atoms. The third kappa shape index (κ3) is 5.02. The Morgan fingerprint density at radius 2 is 1.58 bits per heavy atom. The fourth-order valence-electron chi connectivity index (χ4n) is 3.88. The maximum atomic E-state index is 13.6. The number of rotatable bonds is 7. The first kappa shape index (κ1) is 23.6. The molecule has 1 atom stereocenters. The summed E-state index contributed by atoms with van der Waals surface area (Å²) in [6.07, 6.45) is 0.234. The van der Waals surface area contributed by atoms with Crippen LogP contribution in [0.1, 0.15) is 17.5 Å². The predicted octanol–water partition coefficient (Wildman–Crippen LogP) is 4.17. The molecule has 1 aliphatic rings. The second-order valence-electron chi connectivity index (χ2n) is 7.93. The molecule has 6 nitrogen and oxygen atoms in total. The minimum atomic E-state index is -4.01. The molecular formula is C25H23IN2O4S. The second kappa shape index (κ2) is 9.74. The van der Waals surface area contributed by atoms with Crippen LogP contribution in [0.25, 0.3) is 0 Å². The molecular weight excluding hydrogens is 551 g/mol. The number of aryl methyl sites for hydroxylation is 1. The normalized spacial score (nSPS) is 16.6. The van der Waals surface area contributed by atoms with Crippen LogP contribution in [-0.4, -0.2) is 37.1 Å². The largest absolute Gasteiger partial charge is 0.274 e. The number of sulfonamides is 1. The average molecular weight is 574 g/mol. The van der Waals surface area contributed by atoms with Gasteiger partial charge >= 0.3 is 0 Å². The van der Waals surface area contributed by atoms with E-state index in [1.54, 1.807) is 48.5 Å². The summed E-state index contributed by atoms with van der Waals surface area (Å²) in [6.45, 7) is 1.96.